The maximum absolute atomic E-state index is 12.7. The van der Waals surface area contributed by atoms with E-state index in [1.54, 1.807) is 13.0 Å². The summed E-state index contributed by atoms with van der Waals surface area (Å²) in [6, 6.07) is 1.79. The smallest absolute Gasteiger partial charge is 0.270 e. The van der Waals surface area contributed by atoms with Crippen LogP contribution in [0.1, 0.15) is 67.5 Å². The fourth-order valence-corrected chi connectivity index (χ4v) is 3.97. The Morgan fingerprint density at radius 2 is 2.07 bits per heavy atom. The van der Waals surface area contributed by atoms with Gasteiger partial charge in [-0.05, 0) is 37.7 Å². The normalized spacial score (nSPS) is 19.4. The van der Waals surface area contributed by atoms with E-state index in [1.807, 2.05) is 20.8 Å². The van der Waals surface area contributed by atoms with E-state index in [-0.39, 0.29) is 29.1 Å². The Morgan fingerprint density at radius 3 is 2.76 bits per heavy atom. The molecule has 0 spiro atoms. The van der Waals surface area contributed by atoms with Gasteiger partial charge in [-0.25, -0.2) is 4.99 Å². The van der Waals surface area contributed by atoms with Gasteiger partial charge in [-0.3, -0.25) is 9.59 Å². The molecule has 9 nitrogen and oxygen atoms in total. The number of fused-ring (bicyclic) bond motifs is 1. The van der Waals surface area contributed by atoms with Gasteiger partial charge in [0.1, 0.15) is 10.7 Å². The fraction of sp³-hybridized carbons (Fsp3) is 0.526. The van der Waals surface area contributed by atoms with Gasteiger partial charge in [0.25, 0.3) is 17.8 Å². The number of carbonyl (C=O) groups excluding carboxylic acids is 2. The van der Waals surface area contributed by atoms with E-state index in [9.17, 15) is 9.59 Å². The Morgan fingerprint density at radius 1 is 1.28 bits per heavy atom. The summed E-state index contributed by atoms with van der Waals surface area (Å²) >= 11 is 1.03. The lowest BCUT2D eigenvalue weighted by Gasteiger charge is -2.24. The molecule has 1 atom stereocenters. The maximum Gasteiger partial charge on any atom is 0.270 e. The number of hydrogen-bond acceptors (Lipinski definition) is 7. The molecule has 2 aromatic heterocycles. The number of carbonyl (C=O) groups is 2. The van der Waals surface area contributed by atoms with Gasteiger partial charge in [-0.2, -0.15) is 14.8 Å². The lowest BCUT2D eigenvalue weighted by molar-refractivity contribution is -0.120. The highest BCUT2D eigenvalue weighted by molar-refractivity contribution is 7.08. The molecule has 1 aliphatic carbocycles. The number of aromatic nitrogens is 4. The summed E-state index contributed by atoms with van der Waals surface area (Å²) in [6.07, 6.45) is 3.61. The van der Waals surface area contributed by atoms with Crippen molar-refractivity contribution in [1.29, 1.82) is 0 Å². The van der Waals surface area contributed by atoms with Crippen molar-refractivity contribution in [3.8, 4) is 0 Å². The highest BCUT2D eigenvalue weighted by Gasteiger charge is 2.33. The second-order valence-corrected chi connectivity index (χ2v) is 9.12. The van der Waals surface area contributed by atoms with Crippen molar-refractivity contribution in [2.75, 3.05) is 5.32 Å². The Hall–Kier alpha value is -2.75. The molecule has 1 saturated carbocycles. The molecule has 1 fully saturated rings. The van der Waals surface area contributed by atoms with Gasteiger partial charge in [0.15, 0.2) is 0 Å². The summed E-state index contributed by atoms with van der Waals surface area (Å²) in [6.45, 7) is 7.81. The first kappa shape index (κ1) is 19.6. The maximum atomic E-state index is 12.7. The summed E-state index contributed by atoms with van der Waals surface area (Å²) in [5, 5.41) is 11.4. The van der Waals surface area contributed by atoms with Gasteiger partial charge in [0.2, 0.25) is 0 Å². The zero-order chi connectivity index (χ0) is 20.8. The van der Waals surface area contributed by atoms with Crippen LogP contribution in [0.4, 0.5) is 5.82 Å². The molecular weight excluding hydrogens is 390 g/mol. The van der Waals surface area contributed by atoms with Crippen LogP contribution >= 0.6 is 11.5 Å². The van der Waals surface area contributed by atoms with E-state index in [0.717, 1.165) is 48.6 Å². The van der Waals surface area contributed by atoms with Gasteiger partial charge < -0.3 is 5.32 Å². The number of rotatable bonds is 2. The minimum absolute atomic E-state index is 0.183. The van der Waals surface area contributed by atoms with Crippen LogP contribution in [0.2, 0.25) is 0 Å². The molecular formula is C19H23N7O2S. The largest absolute Gasteiger partial charge is 0.306 e. The topological polar surface area (TPSA) is 114 Å². The summed E-state index contributed by atoms with van der Waals surface area (Å²) in [5.41, 5.74) is 1.92. The van der Waals surface area contributed by atoms with E-state index in [0.29, 0.717) is 16.4 Å². The number of nitrogens with one attached hydrogen (secondary N) is 1. The molecule has 1 N–H and O–H groups in total. The lowest BCUT2D eigenvalue weighted by atomic mass is 9.86. The quantitative estimate of drug-likeness (QED) is 0.813. The van der Waals surface area contributed by atoms with E-state index in [4.69, 9.17) is 0 Å². The molecule has 2 aromatic rings. The number of aryl methyl sites for hydroxylation is 1. The number of hydrogen-bond donors (Lipinski definition) is 1. The van der Waals surface area contributed by atoms with E-state index in [1.165, 1.54) is 4.68 Å². The predicted molar refractivity (Wildman–Crippen MR) is 111 cm³/mol. The summed E-state index contributed by atoms with van der Waals surface area (Å²) in [7, 11) is 0. The second kappa shape index (κ2) is 7.25. The molecule has 29 heavy (non-hydrogen) atoms. The average molecular weight is 414 g/mol. The summed E-state index contributed by atoms with van der Waals surface area (Å²) in [5.74, 6) is -0.109. The molecule has 0 aromatic carbocycles. The molecule has 4 rings (SSSR count). The van der Waals surface area contributed by atoms with Gasteiger partial charge in [-0.15, -0.1) is 5.10 Å². The zero-order valence-electron chi connectivity index (χ0n) is 16.9. The third-order valence-corrected chi connectivity index (χ3v) is 5.92. The number of nitrogens with zero attached hydrogens (tertiary/aromatic N) is 6. The van der Waals surface area contributed by atoms with Crippen molar-refractivity contribution in [1.82, 2.24) is 19.4 Å². The van der Waals surface area contributed by atoms with Crippen molar-refractivity contribution >= 4 is 40.8 Å². The van der Waals surface area contributed by atoms with Crippen molar-refractivity contribution in [3.63, 3.8) is 0 Å². The van der Waals surface area contributed by atoms with Gasteiger partial charge >= 0.3 is 0 Å². The highest BCUT2D eigenvalue weighted by Crippen LogP contribution is 2.28. The molecule has 2 aliphatic rings. The third kappa shape index (κ3) is 3.76. The zero-order valence-corrected chi connectivity index (χ0v) is 17.7. The molecule has 0 saturated heterocycles. The van der Waals surface area contributed by atoms with Crippen LogP contribution in [0.15, 0.2) is 16.1 Å². The van der Waals surface area contributed by atoms with Crippen molar-refractivity contribution in [2.45, 2.75) is 58.8 Å². The first-order valence-corrected chi connectivity index (χ1v) is 10.4. The van der Waals surface area contributed by atoms with Crippen LogP contribution in [0, 0.1) is 12.8 Å². The Labute approximate surface area is 172 Å². The van der Waals surface area contributed by atoms with Crippen LogP contribution in [0.5, 0.6) is 0 Å². The predicted octanol–water partition coefficient (Wildman–Crippen LogP) is 2.97. The van der Waals surface area contributed by atoms with Gasteiger partial charge in [0, 0.05) is 17.2 Å². The molecule has 1 aliphatic heterocycles. The van der Waals surface area contributed by atoms with Crippen LogP contribution in [0.3, 0.4) is 0 Å². The van der Waals surface area contributed by atoms with E-state index < -0.39 is 0 Å². The van der Waals surface area contributed by atoms with Gasteiger partial charge in [0.05, 0.1) is 17.3 Å². The summed E-state index contributed by atoms with van der Waals surface area (Å²) in [4.78, 5) is 34.6. The number of aliphatic imine (C=N–C) groups is 2. The Bertz CT molecular complexity index is 1040. The first-order valence-electron chi connectivity index (χ1n) is 9.65. The molecule has 1 unspecified atom stereocenters. The molecule has 0 radical (unpaired) electrons. The second-order valence-electron chi connectivity index (χ2n) is 8.37. The van der Waals surface area contributed by atoms with Crippen molar-refractivity contribution in [2.24, 2.45) is 15.9 Å². The Kier molecular flexibility index (Phi) is 4.89. The molecule has 10 heteroatoms. The molecule has 152 valence electrons. The van der Waals surface area contributed by atoms with Gasteiger partial charge in [-0.1, -0.05) is 31.7 Å². The van der Waals surface area contributed by atoms with Crippen LogP contribution < -0.4 is 5.32 Å². The van der Waals surface area contributed by atoms with Crippen molar-refractivity contribution in [3.05, 3.63) is 22.3 Å². The standard InChI is InChI=1S/C19H23N7O2S/c1-10-15(29-25-23-10)17(28)21-14-9-13(19(2,3)4)24-26(14)18-20-12-8-6-5-7-11(12)16(27)22-18/h9,11H,5-8H2,1-4H3,(H,21,28). The highest BCUT2D eigenvalue weighted by atomic mass is 32.1. The molecule has 3 heterocycles. The van der Waals surface area contributed by atoms with Crippen LogP contribution in [0.25, 0.3) is 0 Å². The van der Waals surface area contributed by atoms with E-state index in [2.05, 4.69) is 30.0 Å². The first-order chi connectivity index (χ1) is 13.7. The average Bonchev–Trinajstić information content (AvgIpc) is 3.28. The minimum Gasteiger partial charge on any atom is -0.306 e. The Balaban J connectivity index is 1.73. The van der Waals surface area contributed by atoms with E-state index >= 15 is 0 Å². The molecule has 2 amide bonds. The summed E-state index contributed by atoms with van der Waals surface area (Å²) < 4.78 is 5.27. The van der Waals surface area contributed by atoms with Crippen LogP contribution in [-0.4, -0.2) is 42.9 Å². The minimum atomic E-state index is -0.329. The lowest BCUT2D eigenvalue weighted by Crippen LogP contribution is -2.34. The monoisotopic (exact) mass is 413 g/mol. The number of amides is 2. The SMILES string of the molecule is Cc1nnsc1C(=O)Nc1cc(C(C)(C)C)nn1C1=NC(=O)C2CCCCC2=N1. The fourth-order valence-electron chi connectivity index (χ4n) is 3.42. The third-order valence-electron chi connectivity index (χ3n) is 5.10. The molecule has 0 bridgehead atoms. The number of anilines is 1. The van der Waals surface area contributed by atoms with Crippen molar-refractivity contribution < 1.29 is 9.59 Å². The van der Waals surface area contributed by atoms with Crippen LogP contribution in [-0.2, 0) is 10.2 Å².